The fraction of sp³-hybridized carbons (Fsp3) is 0.222. The first-order chi connectivity index (χ1) is 12.0. The fourth-order valence-electron chi connectivity index (χ4n) is 2.09. The zero-order valence-corrected chi connectivity index (χ0v) is 15.8. The van der Waals surface area contributed by atoms with Gasteiger partial charge in [-0.1, -0.05) is 12.1 Å². The van der Waals surface area contributed by atoms with Crippen molar-refractivity contribution in [1.29, 1.82) is 0 Å². The van der Waals surface area contributed by atoms with Gasteiger partial charge >= 0.3 is 0 Å². The highest BCUT2D eigenvalue weighted by molar-refractivity contribution is 9.10. The number of hydrogen-bond acceptors (Lipinski definition) is 5. The highest BCUT2D eigenvalue weighted by atomic mass is 79.9. The van der Waals surface area contributed by atoms with E-state index in [0.717, 1.165) is 10.0 Å². The summed E-state index contributed by atoms with van der Waals surface area (Å²) in [4.78, 5) is 11.8. The lowest BCUT2D eigenvalue weighted by Crippen LogP contribution is -2.24. The minimum absolute atomic E-state index is 0.145. The van der Waals surface area contributed by atoms with Crippen LogP contribution in [-0.4, -0.2) is 32.9 Å². The van der Waals surface area contributed by atoms with Crippen LogP contribution in [0.5, 0.6) is 17.2 Å². The zero-order chi connectivity index (χ0) is 18.2. The van der Waals surface area contributed by atoms with Gasteiger partial charge in [0, 0.05) is 5.56 Å². The summed E-state index contributed by atoms with van der Waals surface area (Å²) in [6.07, 6.45) is 1.49. The van der Waals surface area contributed by atoms with Crippen molar-refractivity contribution in [2.75, 3.05) is 20.8 Å². The van der Waals surface area contributed by atoms with E-state index in [2.05, 4.69) is 26.5 Å². The second-order valence-corrected chi connectivity index (χ2v) is 5.95. The maximum Gasteiger partial charge on any atom is 0.277 e. The van der Waals surface area contributed by atoms with Gasteiger partial charge in [0.15, 0.2) is 18.1 Å². The van der Waals surface area contributed by atoms with Crippen molar-refractivity contribution in [2.45, 2.75) is 6.92 Å². The van der Waals surface area contributed by atoms with Crippen LogP contribution in [0.2, 0.25) is 0 Å². The molecule has 0 atom stereocenters. The third kappa shape index (κ3) is 5.22. The van der Waals surface area contributed by atoms with Crippen molar-refractivity contribution >= 4 is 28.1 Å². The number of carbonyl (C=O) groups excluding carboxylic acids is 1. The molecule has 0 bridgehead atoms. The molecule has 0 aliphatic carbocycles. The Bertz CT molecular complexity index is 778. The summed E-state index contributed by atoms with van der Waals surface area (Å²) >= 11 is 3.40. The molecule has 0 unspecified atom stereocenters. The van der Waals surface area contributed by atoms with Gasteiger partial charge in [-0.05, 0) is 52.7 Å². The molecule has 2 rings (SSSR count). The van der Waals surface area contributed by atoms with Crippen LogP contribution in [0, 0.1) is 6.92 Å². The number of para-hydroxylation sites is 1. The van der Waals surface area contributed by atoms with Gasteiger partial charge in [-0.3, -0.25) is 4.79 Å². The third-order valence-corrected chi connectivity index (χ3v) is 3.89. The zero-order valence-electron chi connectivity index (χ0n) is 14.2. The van der Waals surface area contributed by atoms with E-state index in [9.17, 15) is 4.79 Å². The average Bonchev–Trinajstić information content (AvgIpc) is 2.60. The molecule has 0 spiro atoms. The molecular formula is C18H19BrN2O4. The van der Waals surface area contributed by atoms with Gasteiger partial charge in [-0.2, -0.15) is 5.10 Å². The number of hydrazone groups is 1. The molecule has 1 N–H and O–H groups in total. The lowest BCUT2D eigenvalue weighted by Gasteiger charge is -2.09. The molecule has 7 heteroatoms. The van der Waals surface area contributed by atoms with Gasteiger partial charge in [0.2, 0.25) is 0 Å². The Morgan fingerprint density at radius 1 is 1.20 bits per heavy atom. The van der Waals surface area contributed by atoms with Crippen LogP contribution >= 0.6 is 15.9 Å². The van der Waals surface area contributed by atoms with Crippen LogP contribution in [0.15, 0.2) is 46.0 Å². The summed E-state index contributed by atoms with van der Waals surface area (Å²) in [7, 11) is 3.10. The van der Waals surface area contributed by atoms with Gasteiger partial charge in [0.25, 0.3) is 5.91 Å². The predicted molar refractivity (Wildman–Crippen MR) is 99.7 cm³/mol. The number of nitrogens with one attached hydrogen (secondary N) is 1. The molecule has 2 aromatic rings. The normalized spacial score (nSPS) is 10.6. The van der Waals surface area contributed by atoms with E-state index in [-0.39, 0.29) is 12.5 Å². The molecule has 0 saturated heterocycles. The standard InChI is InChI=1S/C18H19BrN2O4/c1-12-7-8-15(14(19)9-12)25-11-17(22)21-20-10-13-5-4-6-16(23-2)18(13)24-3/h4-10H,11H2,1-3H3,(H,21,22)/b20-10+. The quantitative estimate of drug-likeness (QED) is 0.565. The maximum atomic E-state index is 11.8. The number of amides is 1. The van der Waals surface area contributed by atoms with Crippen LogP contribution in [0.4, 0.5) is 0 Å². The molecule has 1 amide bonds. The average molecular weight is 407 g/mol. The summed E-state index contributed by atoms with van der Waals surface area (Å²) in [5.74, 6) is 1.36. The molecule has 0 saturated carbocycles. The van der Waals surface area contributed by atoms with Crippen molar-refractivity contribution in [3.05, 3.63) is 52.0 Å². The van der Waals surface area contributed by atoms with Gasteiger partial charge in [-0.25, -0.2) is 5.43 Å². The summed E-state index contributed by atoms with van der Waals surface area (Å²) in [6.45, 7) is 1.83. The molecule has 0 aromatic heterocycles. The molecule has 0 heterocycles. The SMILES string of the molecule is COc1cccc(/C=N/NC(=O)COc2ccc(C)cc2Br)c1OC. The lowest BCUT2D eigenvalue weighted by molar-refractivity contribution is -0.123. The Kier molecular flexibility index (Phi) is 6.82. The first kappa shape index (κ1) is 18.8. The summed E-state index contributed by atoms with van der Waals surface area (Å²) in [6, 6.07) is 11.0. The fourth-order valence-corrected chi connectivity index (χ4v) is 2.69. The van der Waals surface area contributed by atoms with Crippen molar-refractivity contribution < 1.29 is 19.0 Å². The Hall–Kier alpha value is -2.54. The summed E-state index contributed by atoms with van der Waals surface area (Å²) in [5.41, 5.74) is 4.20. The minimum atomic E-state index is -0.370. The molecule has 0 aliphatic rings. The number of rotatable bonds is 7. The van der Waals surface area contributed by atoms with Crippen molar-refractivity contribution in [3.63, 3.8) is 0 Å². The molecule has 2 aromatic carbocycles. The van der Waals surface area contributed by atoms with E-state index < -0.39 is 0 Å². The van der Waals surface area contributed by atoms with Crippen LogP contribution < -0.4 is 19.6 Å². The van der Waals surface area contributed by atoms with E-state index in [1.165, 1.54) is 6.21 Å². The van der Waals surface area contributed by atoms with E-state index in [4.69, 9.17) is 14.2 Å². The second kappa shape index (κ2) is 9.08. The molecule has 0 radical (unpaired) electrons. The molecule has 132 valence electrons. The van der Waals surface area contributed by atoms with Crippen molar-refractivity contribution in [2.24, 2.45) is 5.10 Å². The Morgan fingerprint density at radius 3 is 2.68 bits per heavy atom. The van der Waals surface area contributed by atoms with Crippen molar-refractivity contribution in [1.82, 2.24) is 5.43 Å². The molecular weight excluding hydrogens is 388 g/mol. The number of nitrogens with zero attached hydrogens (tertiary/aromatic N) is 1. The summed E-state index contributed by atoms with van der Waals surface area (Å²) in [5, 5.41) is 3.92. The third-order valence-electron chi connectivity index (χ3n) is 3.27. The molecule has 0 fully saturated rings. The molecule has 25 heavy (non-hydrogen) atoms. The van der Waals surface area contributed by atoms with Gasteiger partial charge in [0.1, 0.15) is 5.75 Å². The second-order valence-electron chi connectivity index (χ2n) is 5.10. The van der Waals surface area contributed by atoms with E-state index in [0.29, 0.717) is 22.8 Å². The Balaban J connectivity index is 1.92. The van der Waals surface area contributed by atoms with E-state index >= 15 is 0 Å². The number of aryl methyl sites for hydroxylation is 1. The van der Waals surface area contributed by atoms with Crippen LogP contribution in [0.25, 0.3) is 0 Å². The number of benzene rings is 2. The summed E-state index contributed by atoms with van der Waals surface area (Å²) < 4.78 is 16.8. The van der Waals surface area contributed by atoms with E-state index in [1.54, 1.807) is 32.4 Å². The number of ether oxygens (including phenoxy) is 3. The number of methoxy groups -OCH3 is 2. The monoisotopic (exact) mass is 406 g/mol. The largest absolute Gasteiger partial charge is 0.493 e. The number of hydrogen-bond donors (Lipinski definition) is 1. The topological polar surface area (TPSA) is 69.2 Å². The smallest absolute Gasteiger partial charge is 0.277 e. The molecule has 0 aliphatic heterocycles. The van der Waals surface area contributed by atoms with Crippen molar-refractivity contribution in [3.8, 4) is 17.2 Å². The predicted octanol–water partition coefficient (Wildman–Crippen LogP) is 3.30. The van der Waals surface area contributed by atoms with Crippen LogP contribution in [0.1, 0.15) is 11.1 Å². The number of halogens is 1. The van der Waals surface area contributed by atoms with Gasteiger partial charge < -0.3 is 14.2 Å². The maximum absolute atomic E-state index is 11.8. The lowest BCUT2D eigenvalue weighted by atomic mass is 10.2. The first-order valence-electron chi connectivity index (χ1n) is 7.47. The molecule has 6 nitrogen and oxygen atoms in total. The highest BCUT2D eigenvalue weighted by Gasteiger charge is 2.08. The van der Waals surface area contributed by atoms with Gasteiger partial charge in [-0.15, -0.1) is 0 Å². The minimum Gasteiger partial charge on any atom is -0.493 e. The Morgan fingerprint density at radius 2 is 2.00 bits per heavy atom. The van der Waals surface area contributed by atoms with Crippen LogP contribution in [0.3, 0.4) is 0 Å². The van der Waals surface area contributed by atoms with Gasteiger partial charge in [0.05, 0.1) is 24.9 Å². The van der Waals surface area contributed by atoms with Crippen LogP contribution in [-0.2, 0) is 4.79 Å². The first-order valence-corrected chi connectivity index (χ1v) is 8.26. The highest BCUT2D eigenvalue weighted by Crippen LogP contribution is 2.29. The Labute approximate surface area is 154 Å². The number of carbonyl (C=O) groups is 1. The van der Waals surface area contributed by atoms with E-state index in [1.807, 2.05) is 25.1 Å².